The lowest BCUT2D eigenvalue weighted by atomic mass is 10.2. The molecule has 0 aliphatic carbocycles. The number of rotatable bonds is 4. The van der Waals surface area contributed by atoms with Crippen molar-refractivity contribution in [2.24, 2.45) is 0 Å². The number of benzene rings is 1. The number of fused-ring (bicyclic) bond motifs is 1. The second-order valence-electron chi connectivity index (χ2n) is 6.57. The van der Waals surface area contributed by atoms with Crippen molar-refractivity contribution in [2.45, 2.75) is 31.7 Å². The van der Waals surface area contributed by atoms with Crippen LogP contribution in [-0.4, -0.2) is 35.3 Å². The van der Waals surface area contributed by atoms with E-state index in [9.17, 15) is 13.2 Å². The summed E-state index contributed by atoms with van der Waals surface area (Å²) in [4.78, 5) is 17.7. The summed E-state index contributed by atoms with van der Waals surface area (Å²) in [5.41, 5.74) is 1.99. The number of carbonyl (C=O) groups excluding carboxylic acids is 1. The van der Waals surface area contributed by atoms with Crippen LogP contribution in [-0.2, 0) is 23.0 Å². The molecule has 3 heterocycles. The monoisotopic (exact) mass is 418 g/mol. The van der Waals surface area contributed by atoms with Crippen molar-refractivity contribution in [2.75, 3.05) is 11.9 Å². The maximum atomic E-state index is 12.9. The van der Waals surface area contributed by atoms with Gasteiger partial charge in [-0.15, -0.1) is 11.3 Å². The number of aromatic nitrogens is 2. The molecule has 10 heteroatoms. The SMILES string of the molecule is Cc1ccc(S(=O)(=O)N2CCc3nc(NC(=O)c4cc(C)on4)sc3C2)cc1. The molecule has 1 aliphatic rings. The van der Waals surface area contributed by atoms with E-state index in [4.69, 9.17) is 4.52 Å². The third kappa shape index (κ3) is 3.58. The number of nitrogens with one attached hydrogen (secondary N) is 1. The Bertz CT molecular complexity index is 1130. The van der Waals surface area contributed by atoms with Crippen LogP contribution in [0.3, 0.4) is 0 Å². The standard InChI is InChI=1S/C18H18N4O4S2/c1-11-3-5-13(6-4-11)28(24,25)22-8-7-14-16(10-22)27-18(19-14)20-17(23)15-9-12(2)26-21-15/h3-6,9H,7-8,10H2,1-2H3,(H,19,20,23). The topological polar surface area (TPSA) is 105 Å². The minimum atomic E-state index is -3.57. The van der Waals surface area contributed by atoms with Crippen LogP contribution in [0.15, 0.2) is 39.8 Å². The van der Waals surface area contributed by atoms with Gasteiger partial charge in [0.15, 0.2) is 10.8 Å². The van der Waals surface area contributed by atoms with Gasteiger partial charge in [0.1, 0.15) is 5.76 Å². The largest absolute Gasteiger partial charge is 0.361 e. The molecule has 0 bridgehead atoms. The first-order chi connectivity index (χ1) is 13.3. The van der Waals surface area contributed by atoms with Crippen molar-refractivity contribution in [1.29, 1.82) is 0 Å². The molecule has 2 aromatic heterocycles. The summed E-state index contributed by atoms with van der Waals surface area (Å²) in [5, 5.41) is 6.80. The zero-order valence-corrected chi connectivity index (χ0v) is 16.9. The van der Waals surface area contributed by atoms with E-state index in [-0.39, 0.29) is 17.1 Å². The number of thiazole rings is 1. The summed E-state index contributed by atoms with van der Waals surface area (Å²) in [5.74, 6) is 0.132. The highest BCUT2D eigenvalue weighted by molar-refractivity contribution is 7.89. The zero-order chi connectivity index (χ0) is 19.9. The van der Waals surface area contributed by atoms with Crippen molar-refractivity contribution in [3.63, 3.8) is 0 Å². The Kier molecular flexibility index (Phi) is 4.77. The summed E-state index contributed by atoms with van der Waals surface area (Å²) in [7, 11) is -3.57. The molecule has 0 atom stereocenters. The molecule has 3 aromatic rings. The van der Waals surface area contributed by atoms with Gasteiger partial charge in [-0.2, -0.15) is 4.31 Å². The Hall–Kier alpha value is -2.56. The quantitative estimate of drug-likeness (QED) is 0.698. The molecule has 0 radical (unpaired) electrons. The highest BCUT2D eigenvalue weighted by Gasteiger charge is 2.30. The van der Waals surface area contributed by atoms with Crippen LogP contribution in [0.1, 0.15) is 32.4 Å². The van der Waals surface area contributed by atoms with Crippen LogP contribution < -0.4 is 5.32 Å². The average molecular weight is 419 g/mol. The first-order valence-corrected chi connectivity index (χ1v) is 10.9. The normalized spacial score (nSPS) is 14.6. The van der Waals surface area contributed by atoms with Crippen molar-refractivity contribution in [1.82, 2.24) is 14.4 Å². The molecule has 1 aliphatic heterocycles. The van der Waals surface area contributed by atoms with Crippen LogP contribution in [0.25, 0.3) is 0 Å². The van der Waals surface area contributed by atoms with Gasteiger partial charge in [0.2, 0.25) is 10.0 Å². The second-order valence-corrected chi connectivity index (χ2v) is 9.59. The number of nitrogens with zero attached hydrogens (tertiary/aromatic N) is 3. The number of anilines is 1. The molecule has 1 aromatic carbocycles. The number of carbonyl (C=O) groups is 1. The number of hydrogen-bond donors (Lipinski definition) is 1. The molecule has 0 fully saturated rings. The van der Waals surface area contributed by atoms with Gasteiger partial charge in [-0.25, -0.2) is 13.4 Å². The molecule has 4 rings (SSSR count). The highest BCUT2D eigenvalue weighted by atomic mass is 32.2. The molecule has 0 saturated carbocycles. The smallest absolute Gasteiger partial charge is 0.279 e. The fourth-order valence-electron chi connectivity index (χ4n) is 2.92. The lowest BCUT2D eigenvalue weighted by Crippen LogP contribution is -2.35. The summed E-state index contributed by atoms with van der Waals surface area (Å²) < 4.78 is 32.2. The van der Waals surface area contributed by atoms with Gasteiger partial charge in [0, 0.05) is 23.9 Å². The van der Waals surface area contributed by atoms with Crippen LogP contribution in [0.5, 0.6) is 0 Å². The third-order valence-corrected chi connectivity index (χ3v) is 7.29. The molecule has 8 nitrogen and oxygen atoms in total. The first-order valence-electron chi connectivity index (χ1n) is 8.63. The molecular weight excluding hydrogens is 400 g/mol. The maximum Gasteiger partial charge on any atom is 0.279 e. The Morgan fingerprint density at radius 3 is 2.68 bits per heavy atom. The van der Waals surface area contributed by atoms with Gasteiger partial charge in [0.05, 0.1) is 17.1 Å². The summed E-state index contributed by atoms with van der Waals surface area (Å²) >= 11 is 1.28. The van der Waals surface area contributed by atoms with Crippen molar-refractivity contribution in [3.05, 3.63) is 57.9 Å². The third-order valence-electron chi connectivity index (χ3n) is 4.44. The van der Waals surface area contributed by atoms with Gasteiger partial charge < -0.3 is 4.52 Å². The molecule has 1 amide bonds. The fourth-order valence-corrected chi connectivity index (χ4v) is 5.43. The number of amides is 1. The minimum absolute atomic E-state index is 0.175. The summed E-state index contributed by atoms with van der Waals surface area (Å²) in [6.07, 6.45) is 0.496. The van der Waals surface area contributed by atoms with Crippen LogP contribution in [0.2, 0.25) is 0 Å². The first kappa shape index (κ1) is 18.8. The Morgan fingerprint density at radius 2 is 2.00 bits per heavy atom. The van der Waals surface area contributed by atoms with E-state index in [0.717, 1.165) is 16.1 Å². The van der Waals surface area contributed by atoms with Gasteiger partial charge in [-0.3, -0.25) is 10.1 Å². The molecule has 0 spiro atoms. The molecule has 28 heavy (non-hydrogen) atoms. The van der Waals surface area contributed by atoms with E-state index < -0.39 is 15.9 Å². The van der Waals surface area contributed by atoms with Crippen LogP contribution >= 0.6 is 11.3 Å². The van der Waals surface area contributed by atoms with E-state index in [2.05, 4.69) is 15.5 Å². The van der Waals surface area contributed by atoms with Crippen LogP contribution in [0.4, 0.5) is 5.13 Å². The van der Waals surface area contributed by atoms with Gasteiger partial charge >= 0.3 is 0 Å². The Labute approximate surface area is 166 Å². The average Bonchev–Trinajstić information content (AvgIpc) is 3.27. The highest BCUT2D eigenvalue weighted by Crippen LogP contribution is 2.31. The predicted molar refractivity (Wildman–Crippen MR) is 104 cm³/mol. The summed E-state index contributed by atoms with van der Waals surface area (Å²) in [6.45, 7) is 4.21. The van der Waals surface area contributed by atoms with E-state index >= 15 is 0 Å². The van der Waals surface area contributed by atoms with E-state index in [1.54, 1.807) is 37.3 Å². The van der Waals surface area contributed by atoms with Gasteiger partial charge in [-0.1, -0.05) is 22.9 Å². The number of aryl methyl sites for hydroxylation is 2. The van der Waals surface area contributed by atoms with Crippen LogP contribution in [0, 0.1) is 13.8 Å². The zero-order valence-electron chi connectivity index (χ0n) is 15.3. The molecule has 146 valence electrons. The number of hydrogen-bond acceptors (Lipinski definition) is 7. The van der Waals surface area contributed by atoms with E-state index in [1.807, 2.05) is 6.92 Å². The fraction of sp³-hybridized carbons (Fsp3) is 0.278. The Morgan fingerprint density at radius 1 is 1.25 bits per heavy atom. The summed E-state index contributed by atoms with van der Waals surface area (Å²) in [6, 6.07) is 8.36. The lowest BCUT2D eigenvalue weighted by Gasteiger charge is -2.25. The van der Waals surface area contributed by atoms with Gasteiger partial charge in [0.25, 0.3) is 5.91 Å². The molecule has 0 saturated heterocycles. The van der Waals surface area contributed by atoms with E-state index in [0.29, 0.717) is 23.9 Å². The molecule has 1 N–H and O–H groups in total. The van der Waals surface area contributed by atoms with Crippen molar-refractivity contribution in [3.8, 4) is 0 Å². The Balaban J connectivity index is 1.51. The van der Waals surface area contributed by atoms with Crippen molar-refractivity contribution >= 4 is 32.4 Å². The van der Waals surface area contributed by atoms with Crippen molar-refractivity contribution < 1.29 is 17.7 Å². The van der Waals surface area contributed by atoms with E-state index in [1.165, 1.54) is 15.6 Å². The lowest BCUT2D eigenvalue weighted by molar-refractivity contribution is 0.101. The second kappa shape index (κ2) is 7.12. The minimum Gasteiger partial charge on any atom is -0.361 e. The molecule has 0 unspecified atom stereocenters. The molecular formula is C18H18N4O4S2. The van der Waals surface area contributed by atoms with Gasteiger partial charge in [-0.05, 0) is 26.0 Å². The maximum absolute atomic E-state index is 12.9. The number of sulfonamides is 1. The predicted octanol–water partition coefficient (Wildman–Crippen LogP) is 2.75.